The maximum absolute atomic E-state index is 13.2. The Hall–Kier alpha value is -3.46. The number of nitrogens with zero attached hydrogens (tertiary/aromatic N) is 1. The summed E-state index contributed by atoms with van der Waals surface area (Å²) in [6, 6.07) is 16.1. The first kappa shape index (κ1) is 23.2. The van der Waals surface area contributed by atoms with Gasteiger partial charge in [0.25, 0.3) is 0 Å². The molecule has 3 aromatic carbocycles. The summed E-state index contributed by atoms with van der Waals surface area (Å²) in [5, 5.41) is 2.73. The number of urea groups is 1. The van der Waals surface area contributed by atoms with Gasteiger partial charge in [0.1, 0.15) is 22.3 Å². The van der Waals surface area contributed by atoms with Gasteiger partial charge >= 0.3 is 16.1 Å². The Kier molecular flexibility index (Phi) is 7.42. The Morgan fingerprint density at radius 2 is 1.50 bits per heavy atom. The smallest absolute Gasteiger partial charge is 0.339 e. The SMILES string of the molecule is CCNC(=O)N(Cc1ccc(F)cc1)Cc1cccc(OS(=O)(=O)c2ccc(F)cc2)c1. The molecule has 0 aromatic heterocycles. The Balaban J connectivity index is 1.78. The first-order chi connectivity index (χ1) is 15.3. The summed E-state index contributed by atoms with van der Waals surface area (Å²) in [5.41, 5.74) is 1.37. The van der Waals surface area contributed by atoms with E-state index < -0.39 is 15.9 Å². The minimum Gasteiger partial charge on any atom is -0.379 e. The monoisotopic (exact) mass is 460 g/mol. The lowest BCUT2D eigenvalue weighted by atomic mass is 10.1. The summed E-state index contributed by atoms with van der Waals surface area (Å²) in [5.74, 6) is -0.868. The zero-order valence-electron chi connectivity index (χ0n) is 17.3. The summed E-state index contributed by atoms with van der Waals surface area (Å²) in [6.45, 7) is 2.61. The van der Waals surface area contributed by atoms with Gasteiger partial charge in [0.2, 0.25) is 0 Å². The second-order valence-electron chi connectivity index (χ2n) is 6.96. The van der Waals surface area contributed by atoms with Crippen molar-refractivity contribution in [1.82, 2.24) is 10.2 Å². The second-order valence-corrected chi connectivity index (χ2v) is 8.50. The number of amides is 2. The highest BCUT2D eigenvalue weighted by atomic mass is 32.2. The predicted molar refractivity (Wildman–Crippen MR) is 115 cm³/mol. The van der Waals surface area contributed by atoms with Crippen molar-refractivity contribution in [3.05, 3.63) is 95.6 Å². The molecule has 0 aliphatic heterocycles. The van der Waals surface area contributed by atoms with E-state index in [1.165, 1.54) is 29.2 Å². The summed E-state index contributed by atoms with van der Waals surface area (Å²) in [6.07, 6.45) is 0. The summed E-state index contributed by atoms with van der Waals surface area (Å²) in [4.78, 5) is 13.9. The van der Waals surface area contributed by atoms with E-state index in [9.17, 15) is 22.0 Å². The Morgan fingerprint density at radius 3 is 2.12 bits per heavy atom. The van der Waals surface area contributed by atoms with Crippen LogP contribution in [0.15, 0.2) is 77.7 Å². The molecular weight excluding hydrogens is 438 g/mol. The molecule has 0 fully saturated rings. The van der Waals surface area contributed by atoms with Gasteiger partial charge in [-0.05, 0) is 66.6 Å². The van der Waals surface area contributed by atoms with Crippen molar-refractivity contribution in [2.75, 3.05) is 6.54 Å². The lowest BCUT2D eigenvalue weighted by molar-refractivity contribution is 0.193. The number of hydrogen-bond acceptors (Lipinski definition) is 4. The quantitative estimate of drug-likeness (QED) is 0.504. The molecule has 0 aliphatic rings. The number of hydrogen-bond donors (Lipinski definition) is 1. The molecule has 6 nitrogen and oxygen atoms in total. The van der Waals surface area contributed by atoms with Crippen LogP contribution in [0.2, 0.25) is 0 Å². The van der Waals surface area contributed by atoms with Crippen LogP contribution in [0.3, 0.4) is 0 Å². The molecule has 3 rings (SSSR count). The summed E-state index contributed by atoms with van der Waals surface area (Å²) in [7, 11) is -4.15. The lowest BCUT2D eigenvalue weighted by Crippen LogP contribution is -2.38. The van der Waals surface area contributed by atoms with Crippen LogP contribution in [0.25, 0.3) is 0 Å². The molecule has 0 spiro atoms. The average Bonchev–Trinajstić information content (AvgIpc) is 2.75. The molecular formula is C23H22F2N2O4S. The first-order valence-corrected chi connectivity index (χ1v) is 11.2. The first-order valence-electron chi connectivity index (χ1n) is 9.83. The third-order valence-electron chi connectivity index (χ3n) is 4.48. The minimum atomic E-state index is -4.15. The van der Waals surface area contributed by atoms with Crippen LogP contribution >= 0.6 is 0 Å². The maximum Gasteiger partial charge on any atom is 0.339 e. The fourth-order valence-corrected chi connectivity index (χ4v) is 3.89. The molecule has 0 heterocycles. The number of carbonyl (C=O) groups is 1. The molecule has 3 aromatic rings. The highest BCUT2D eigenvalue weighted by molar-refractivity contribution is 7.87. The standard InChI is InChI=1S/C23H22F2N2O4S/c1-2-26-23(28)27(15-17-6-8-19(24)9-7-17)16-18-4-3-5-21(14-18)31-32(29,30)22-12-10-20(25)11-13-22/h3-14H,2,15-16H2,1H3,(H,26,28). The van der Waals surface area contributed by atoms with Crippen LogP contribution in [-0.2, 0) is 23.2 Å². The van der Waals surface area contributed by atoms with E-state index in [1.54, 1.807) is 31.2 Å². The van der Waals surface area contributed by atoms with Gasteiger partial charge in [-0.15, -0.1) is 0 Å². The third-order valence-corrected chi connectivity index (χ3v) is 5.74. The molecule has 0 aliphatic carbocycles. The molecule has 9 heteroatoms. The van der Waals surface area contributed by atoms with E-state index in [0.717, 1.165) is 29.8 Å². The van der Waals surface area contributed by atoms with Gasteiger partial charge in [0.05, 0.1) is 0 Å². The van der Waals surface area contributed by atoms with Gasteiger partial charge in [-0.3, -0.25) is 0 Å². The summed E-state index contributed by atoms with van der Waals surface area (Å²) < 4.78 is 56.4. The van der Waals surface area contributed by atoms with Crippen molar-refractivity contribution in [2.24, 2.45) is 0 Å². The van der Waals surface area contributed by atoms with Crippen LogP contribution < -0.4 is 9.50 Å². The van der Waals surface area contributed by atoms with Crippen LogP contribution in [-0.4, -0.2) is 25.9 Å². The van der Waals surface area contributed by atoms with Crippen molar-refractivity contribution in [2.45, 2.75) is 24.9 Å². The molecule has 32 heavy (non-hydrogen) atoms. The van der Waals surface area contributed by atoms with Gasteiger partial charge in [0, 0.05) is 19.6 Å². The van der Waals surface area contributed by atoms with E-state index in [4.69, 9.17) is 4.18 Å². The molecule has 0 unspecified atom stereocenters. The zero-order chi connectivity index (χ0) is 23.1. The van der Waals surface area contributed by atoms with Gasteiger partial charge in [-0.2, -0.15) is 8.42 Å². The number of carbonyl (C=O) groups excluding carboxylic acids is 1. The second kappa shape index (κ2) is 10.2. The Morgan fingerprint density at radius 1 is 0.906 bits per heavy atom. The van der Waals surface area contributed by atoms with Crippen molar-refractivity contribution in [3.8, 4) is 5.75 Å². The van der Waals surface area contributed by atoms with E-state index in [2.05, 4.69) is 5.32 Å². The fraction of sp³-hybridized carbons (Fsp3) is 0.174. The Bertz CT molecular complexity index is 1170. The van der Waals surface area contributed by atoms with Crippen LogP contribution in [0, 0.1) is 11.6 Å². The van der Waals surface area contributed by atoms with E-state index in [-0.39, 0.29) is 35.6 Å². The molecule has 0 radical (unpaired) electrons. The van der Waals surface area contributed by atoms with E-state index in [0.29, 0.717) is 12.1 Å². The topological polar surface area (TPSA) is 75.7 Å². The van der Waals surface area contributed by atoms with Crippen molar-refractivity contribution >= 4 is 16.1 Å². The molecule has 0 saturated heterocycles. The van der Waals surface area contributed by atoms with Gasteiger partial charge in [0.15, 0.2) is 0 Å². The molecule has 168 valence electrons. The summed E-state index contributed by atoms with van der Waals surface area (Å²) >= 11 is 0. The van der Waals surface area contributed by atoms with Gasteiger partial charge in [-0.25, -0.2) is 13.6 Å². The average molecular weight is 461 g/mol. The fourth-order valence-electron chi connectivity index (χ4n) is 2.96. The number of halogens is 2. The lowest BCUT2D eigenvalue weighted by Gasteiger charge is -2.23. The van der Waals surface area contributed by atoms with E-state index >= 15 is 0 Å². The molecule has 2 amide bonds. The van der Waals surface area contributed by atoms with Crippen molar-refractivity contribution in [3.63, 3.8) is 0 Å². The van der Waals surface area contributed by atoms with Crippen molar-refractivity contribution < 1.29 is 26.2 Å². The maximum atomic E-state index is 13.2. The highest BCUT2D eigenvalue weighted by Crippen LogP contribution is 2.21. The minimum absolute atomic E-state index is 0.0597. The Labute approximate surface area is 185 Å². The van der Waals surface area contributed by atoms with Crippen LogP contribution in [0.4, 0.5) is 13.6 Å². The highest BCUT2D eigenvalue weighted by Gasteiger charge is 2.18. The largest absolute Gasteiger partial charge is 0.379 e. The van der Waals surface area contributed by atoms with Gasteiger partial charge < -0.3 is 14.4 Å². The number of nitrogens with one attached hydrogen (secondary N) is 1. The van der Waals surface area contributed by atoms with Gasteiger partial charge in [-0.1, -0.05) is 24.3 Å². The van der Waals surface area contributed by atoms with Crippen molar-refractivity contribution in [1.29, 1.82) is 0 Å². The molecule has 0 atom stereocenters. The van der Waals surface area contributed by atoms with Crippen LogP contribution in [0.1, 0.15) is 18.1 Å². The molecule has 1 N–H and O–H groups in total. The number of benzene rings is 3. The number of rotatable bonds is 8. The van der Waals surface area contributed by atoms with E-state index in [1.807, 2.05) is 0 Å². The predicted octanol–water partition coefficient (Wildman–Crippen LogP) is 4.46. The normalized spacial score (nSPS) is 11.1. The molecule has 0 bridgehead atoms. The third kappa shape index (κ3) is 6.27. The van der Waals surface area contributed by atoms with Crippen LogP contribution in [0.5, 0.6) is 5.75 Å². The zero-order valence-corrected chi connectivity index (χ0v) is 18.1. The molecule has 0 saturated carbocycles.